The molecule has 0 radical (unpaired) electrons. The van der Waals surface area contributed by atoms with Crippen molar-refractivity contribution in [2.24, 2.45) is 17.8 Å². The van der Waals surface area contributed by atoms with Crippen LogP contribution in [0.2, 0.25) is 0 Å². The SMILES string of the molecule is CC1CCN(C(=O)C2CCN(C(=O)c3cccc4ccccc34)CC2)C2CCCCC12. The van der Waals surface area contributed by atoms with Crippen LogP contribution in [-0.4, -0.2) is 47.3 Å². The monoisotopic (exact) mass is 418 g/mol. The Hall–Kier alpha value is -2.36. The second-order valence-corrected chi connectivity index (χ2v) is 9.91. The lowest BCUT2D eigenvalue weighted by Crippen LogP contribution is -2.55. The molecule has 2 aliphatic heterocycles. The quantitative estimate of drug-likeness (QED) is 0.679. The summed E-state index contributed by atoms with van der Waals surface area (Å²) in [5.41, 5.74) is 0.776. The molecule has 2 saturated heterocycles. The first-order valence-electron chi connectivity index (χ1n) is 12.2. The Bertz CT molecular complexity index is 957. The number of fused-ring (bicyclic) bond motifs is 2. The summed E-state index contributed by atoms with van der Waals surface area (Å²) in [5, 5.41) is 2.11. The summed E-state index contributed by atoms with van der Waals surface area (Å²) in [7, 11) is 0. The van der Waals surface area contributed by atoms with E-state index in [4.69, 9.17) is 0 Å². The summed E-state index contributed by atoms with van der Waals surface area (Å²) >= 11 is 0. The summed E-state index contributed by atoms with van der Waals surface area (Å²) in [6, 6.07) is 14.5. The highest BCUT2D eigenvalue weighted by molar-refractivity contribution is 6.07. The predicted octanol–water partition coefficient (Wildman–Crippen LogP) is 5.12. The zero-order valence-electron chi connectivity index (χ0n) is 18.6. The van der Waals surface area contributed by atoms with Gasteiger partial charge in [-0.1, -0.05) is 56.2 Å². The van der Waals surface area contributed by atoms with E-state index in [1.807, 2.05) is 35.2 Å². The molecule has 3 aliphatic rings. The first-order chi connectivity index (χ1) is 15.1. The van der Waals surface area contributed by atoms with E-state index in [-0.39, 0.29) is 11.8 Å². The largest absolute Gasteiger partial charge is 0.339 e. The van der Waals surface area contributed by atoms with E-state index in [1.165, 1.54) is 25.7 Å². The van der Waals surface area contributed by atoms with E-state index in [0.717, 1.165) is 48.1 Å². The average molecular weight is 419 g/mol. The maximum atomic E-state index is 13.5. The van der Waals surface area contributed by atoms with E-state index >= 15 is 0 Å². The smallest absolute Gasteiger partial charge is 0.254 e. The van der Waals surface area contributed by atoms with Gasteiger partial charge in [0.05, 0.1) is 0 Å². The molecule has 2 aromatic carbocycles. The van der Waals surface area contributed by atoms with Crippen LogP contribution in [0, 0.1) is 17.8 Å². The third-order valence-corrected chi connectivity index (χ3v) is 8.17. The van der Waals surface area contributed by atoms with Gasteiger partial charge in [-0.3, -0.25) is 9.59 Å². The fraction of sp³-hybridized carbons (Fsp3) is 0.556. The van der Waals surface area contributed by atoms with Crippen LogP contribution in [-0.2, 0) is 4.79 Å². The zero-order chi connectivity index (χ0) is 21.4. The average Bonchev–Trinajstić information content (AvgIpc) is 2.83. The zero-order valence-corrected chi connectivity index (χ0v) is 18.6. The van der Waals surface area contributed by atoms with Crippen molar-refractivity contribution in [3.63, 3.8) is 0 Å². The molecule has 0 N–H and O–H groups in total. The number of benzene rings is 2. The van der Waals surface area contributed by atoms with Gasteiger partial charge in [0.2, 0.25) is 5.91 Å². The molecule has 2 amide bonds. The van der Waals surface area contributed by atoms with Crippen molar-refractivity contribution < 1.29 is 9.59 Å². The lowest BCUT2D eigenvalue weighted by molar-refractivity contribution is -0.144. The molecule has 4 nitrogen and oxygen atoms in total. The van der Waals surface area contributed by atoms with Gasteiger partial charge in [0.15, 0.2) is 0 Å². The highest BCUT2D eigenvalue weighted by atomic mass is 16.2. The number of likely N-dealkylation sites (tertiary alicyclic amines) is 2. The number of amides is 2. The first kappa shape index (κ1) is 20.5. The van der Waals surface area contributed by atoms with Crippen molar-refractivity contribution in [1.29, 1.82) is 0 Å². The van der Waals surface area contributed by atoms with Crippen molar-refractivity contribution in [2.75, 3.05) is 19.6 Å². The maximum Gasteiger partial charge on any atom is 0.254 e. The van der Waals surface area contributed by atoms with Gasteiger partial charge in [0.1, 0.15) is 0 Å². The van der Waals surface area contributed by atoms with Crippen molar-refractivity contribution >= 4 is 22.6 Å². The Morgan fingerprint density at radius 1 is 0.839 bits per heavy atom. The normalized spacial score (nSPS) is 27.2. The topological polar surface area (TPSA) is 40.6 Å². The number of rotatable bonds is 2. The fourth-order valence-electron chi connectivity index (χ4n) is 6.33. The van der Waals surface area contributed by atoms with Crippen LogP contribution in [0.25, 0.3) is 10.8 Å². The van der Waals surface area contributed by atoms with Gasteiger partial charge >= 0.3 is 0 Å². The van der Waals surface area contributed by atoms with Gasteiger partial charge in [-0.05, 0) is 60.8 Å². The molecule has 3 atom stereocenters. The number of piperidine rings is 2. The summed E-state index contributed by atoms with van der Waals surface area (Å²) in [6.07, 6.45) is 7.77. The lowest BCUT2D eigenvalue weighted by atomic mass is 9.72. The summed E-state index contributed by atoms with van der Waals surface area (Å²) in [6.45, 7) is 4.66. The van der Waals surface area contributed by atoms with Crippen molar-refractivity contribution in [3.05, 3.63) is 48.0 Å². The minimum atomic E-state index is 0.0764. The summed E-state index contributed by atoms with van der Waals surface area (Å²) in [5.74, 6) is 1.98. The van der Waals surface area contributed by atoms with Crippen LogP contribution in [0.4, 0.5) is 0 Å². The van der Waals surface area contributed by atoms with E-state index in [0.29, 0.717) is 31.0 Å². The minimum Gasteiger partial charge on any atom is -0.339 e. The molecule has 3 unspecified atom stereocenters. The van der Waals surface area contributed by atoms with E-state index in [9.17, 15) is 9.59 Å². The third-order valence-electron chi connectivity index (χ3n) is 8.17. The molecule has 3 fully saturated rings. The highest BCUT2D eigenvalue weighted by Crippen LogP contribution is 2.40. The van der Waals surface area contributed by atoms with Crippen LogP contribution in [0.1, 0.15) is 62.2 Å². The summed E-state index contributed by atoms with van der Waals surface area (Å²) < 4.78 is 0. The molecule has 0 spiro atoms. The molecule has 4 heteroatoms. The summed E-state index contributed by atoms with van der Waals surface area (Å²) in [4.78, 5) is 30.9. The molecule has 31 heavy (non-hydrogen) atoms. The third kappa shape index (κ3) is 3.86. The Morgan fingerprint density at radius 2 is 1.58 bits per heavy atom. The predicted molar refractivity (Wildman–Crippen MR) is 124 cm³/mol. The van der Waals surface area contributed by atoms with Gasteiger partial charge in [-0.25, -0.2) is 0 Å². The molecule has 1 aliphatic carbocycles. The molecular formula is C27H34N2O2. The maximum absolute atomic E-state index is 13.5. The van der Waals surface area contributed by atoms with E-state index in [2.05, 4.69) is 24.0 Å². The van der Waals surface area contributed by atoms with Gasteiger partial charge < -0.3 is 9.80 Å². The number of hydrogen-bond donors (Lipinski definition) is 0. The molecule has 1 saturated carbocycles. The molecule has 0 aromatic heterocycles. The van der Waals surface area contributed by atoms with Crippen LogP contribution in [0.5, 0.6) is 0 Å². The number of hydrogen-bond acceptors (Lipinski definition) is 2. The second kappa shape index (κ2) is 8.64. The molecule has 5 rings (SSSR count). The Balaban J connectivity index is 1.25. The van der Waals surface area contributed by atoms with Crippen LogP contribution in [0.3, 0.4) is 0 Å². The fourth-order valence-corrected chi connectivity index (χ4v) is 6.33. The van der Waals surface area contributed by atoms with Gasteiger partial charge in [-0.2, -0.15) is 0 Å². The van der Waals surface area contributed by atoms with Gasteiger partial charge in [0, 0.05) is 37.2 Å². The van der Waals surface area contributed by atoms with Crippen LogP contribution >= 0.6 is 0 Å². The number of nitrogens with zero attached hydrogens (tertiary/aromatic N) is 2. The van der Waals surface area contributed by atoms with Crippen LogP contribution < -0.4 is 0 Å². The standard InChI is InChI=1S/C27H34N2O2/c1-19-13-18-29(25-12-5-4-9-22(19)25)26(30)21-14-16-28(17-15-21)27(31)24-11-6-8-20-7-2-3-10-23(20)24/h2-3,6-8,10-11,19,21-22,25H,4-5,9,12-18H2,1H3. The van der Waals surface area contributed by atoms with Crippen LogP contribution in [0.15, 0.2) is 42.5 Å². The van der Waals surface area contributed by atoms with Crippen molar-refractivity contribution in [3.8, 4) is 0 Å². The minimum absolute atomic E-state index is 0.0764. The van der Waals surface area contributed by atoms with E-state index in [1.54, 1.807) is 0 Å². The first-order valence-corrected chi connectivity index (χ1v) is 12.2. The number of carbonyl (C=O) groups is 2. The Labute approximate surface area is 185 Å². The number of carbonyl (C=O) groups excluding carboxylic acids is 2. The molecule has 0 bridgehead atoms. The lowest BCUT2D eigenvalue weighted by Gasteiger charge is -2.48. The molecule has 2 aromatic rings. The Kier molecular flexibility index (Phi) is 5.73. The molecular weight excluding hydrogens is 384 g/mol. The van der Waals surface area contributed by atoms with E-state index < -0.39 is 0 Å². The van der Waals surface area contributed by atoms with Gasteiger partial charge in [-0.15, -0.1) is 0 Å². The van der Waals surface area contributed by atoms with Crippen molar-refractivity contribution in [1.82, 2.24) is 9.80 Å². The molecule has 2 heterocycles. The highest BCUT2D eigenvalue weighted by Gasteiger charge is 2.41. The van der Waals surface area contributed by atoms with Crippen molar-refractivity contribution in [2.45, 2.75) is 57.9 Å². The second-order valence-electron chi connectivity index (χ2n) is 9.91. The molecule has 164 valence electrons. The Morgan fingerprint density at radius 3 is 2.42 bits per heavy atom. The van der Waals surface area contributed by atoms with Gasteiger partial charge in [0.25, 0.3) is 5.91 Å².